The molecule has 2 aromatic rings. The number of fused-ring (bicyclic) bond motifs is 1. The number of aliphatic carboxylic acids is 1. The molecule has 0 amide bonds. The van der Waals surface area contributed by atoms with Crippen molar-refractivity contribution in [2.24, 2.45) is 0 Å². The highest BCUT2D eigenvalue weighted by atomic mass is 16.4. The summed E-state index contributed by atoms with van der Waals surface area (Å²) in [4.78, 5) is 17.8. The average molecular weight is 204 g/mol. The molecule has 1 heterocycles. The van der Waals surface area contributed by atoms with Crippen LogP contribution >= 0.6 is 0 Å². The third-order valence-electron chi connectivity index (χ3n) is 2.29. The van der Waals surface area contributed by atoms with Gasteiger partial charge in [-0.05, 0) is 31.0 Å². The summed E-state index contributed by atoms with van der Waals surface area (Å²) in [6, 6.07) is 4.01. The van der Waals surface area contributed by atoms with Crippen molar-refractivity contribution < 1.29 is 9.90 Å². The van der Waals surface area contributed by atoms with Crippen LogP contribution in [-0.2, 0) is 11.2 Å². The van der Waals surface area contributed by atoms with E-state index < -0.39 is 5.97 Å². The molecule has 0 aliphatic rings. The second-order valence-electron chi connectivity index (χ2n) is 3.73. The zero-order valence-electron chi connectivity index (χ0n) is 8.66. The molecule has 0 unspecified atom stereocenters. The first kappa shape index (κ1) is 9.71. The number of aryl methyl sites for hydroxylation is 2. The average Bonchev–Trinajstić information content (AvgIpc) is 2.45. The fourth-order valence-corrected chi connectivity index (χ4v) is 1.75. The SMILES string of the molecule is Cc1cc(C)c2nc(CC(=O)O)[nH]c2c1. The van der Waals surface area contributed by atoms with E-state index in [1.807, 2.05) is 26.0 Å². The molecule has 0 radical (unpaired) electrons. The number of nitrogens with zero attached hydrogens (tertiary/aromatic N) is 1. The summed E-state index contributed by atoms with van der Waals surface area (Å²) in [7, 11) is 0. The lowest BCUT2D eigenvalue weighted by Gasteiger charge is -1.96. The molecule has 0 spiro atoms. The van der Waals surface area contributed by atoms with Crippen molar-refractivity contribution >= 4 is 17.0 Å². The molecule has 0 fully saturated rings. The van der Waals surface area contributed by atoms with Crippen LogP contribution in [0.2, 0.25) is 0 Å². The Kier molecular flexibility index (Phi) is 2.19. The van der Waals surface area contributed by atoms with E-state index in [-0.39, 0.29) is 6.42 Å². The van der Waals surface area contributed by atoms with Crippen molar-refractivity contribution in [3.05, 3.63) is 29.1 Å². The van der Waals surface area contributed by atoms with Gasteiger partial charge in [0.1, 0.15) is 12.2 Å². The molecule has 1 aromatic heterocycles. The quantitative estimate of drug-likeness (QED) is 0.784. The maximum atomic E-state index is 10.5. The van der Waals surface area contributed by atoms with Crippen molar-refractivity contribution in [3.63, 3.8) is 0 Å². The number of carboxylic acids is 1. The van der Waals surface area contributed by atoms with Crippen molar-refractivity contribution in [2.45, 2.75) is 20.3 Å². The minimum atomic E-state index is -0.872. The molecule has 0 saturated heterocycles. The third-order valence-corrected chi connectivity index (χ3v) is 2.29. The van der Waals surface area contributed by atoms with E-state index in [9.17, 15) is 4.79 Å². The van der Waals surface area contributed by atoms with Crippen LogP contribution in [0.15, 0.2) is 12.1 Å². The molecule has 2 N–H and O–H groups in total. The highest BCUT2D eigenvalue weighted by Gasteiger charge is 2.08. The van der Waals surface area contributed by atoms with Gasteiger partial charge in [0.2, 0.25) is 0 Å². The molecule has 0 aliphatic carbocycles. The van der Waals surface area contributed by atoms with Crippen LogP contribution in [0.3, 0.4) is 0 Å². The molecular formula is C11H12N2O2. The van der Waals surface area contributed by atoms with Crippen molar-refractivity contribution in [1.82, 2.24) is 9.97 Å². The van der Waals surface area contributed by atoms with E-state index in [2.05, 4.69) is 9.97 Å². The number of hydrogen-bond acceptors (Lipinski definition) is 2. The molecule has 2 rings (SSSR count). The van der Waals surface area contributed by atoms with E-state index in [4.69, 9.17) is 5.11 Å². The molecule has 4 heteroatoms. The largest absolute Gasteiger partial charge is 0.481 e. The van der Waals surface area contributed by atoms with Crippen LogP contribution in [0.4, 0.5) is 0 Å². The molecule has 4 nitrogen and oxygen atoms in total. The number of H-pyrrole nitrogens is 1. The minimum Gasteiger partial charge on any atom is -0.481 e. The van der Waals surface area contributed by atoms with Crippen LogP contribution in [-0.4, -0.2) is 21.0 Å². The van der Waals surface area contributed by atoms with Gasteiger partial charge in [0.05, 0.1) is 11.0 Å². The first-order chi connectivity index (χ1) is 7.06. The fourth-order valence-electron chi connectivity index (χ4n) is 1.75. The summed E-state index contributed by atoms with van der Waals surface area (Å²) in [5, 5.41) is 8.66. The molecular weight excluding hydrogens is 192 g/mol. The molecule has 0 saturated carbocycles. The second-order valence-corrected chi connectivity index (χ2v) is 3.73. The standard InChI is InChI=1S/C11H12N2O2/c1-6-3-7(2)11-8(4-6)12-9(13-11)5-10(14)15/h3-4H,5H2,1-2H3,(H,12,13)(H,14,15). The van der Waals surface area contributed by atoms with Gasteiger partial charge in [-0.25, -0.2) is 4.98 Å². The van der Waals surface area contributed by atoms with Gasteiger partial charge in [-0.3, -0.25) is 4.79 Å². The lowest BCUT2D eigenvalue weighted by Crippen LogP contribution is -2.01. The summed E-state index contributed by atoms with van der Waals surface area (Å²) in [5.41, 5.74) is 3.98. The van der Waals surface area contributed by atoms with Crippen molar-refractivity contribution in [3.8, 4) is 0 Å². The number of imidazole rings is 1. The van der Waals surface area contributed by atoms with Crippen LogP contribution in [0.5, 0.6) is 0 Å². The molecule has 0 atom stereocenters. The van der Waals surface area contributed by atoms with Crippen LogP contribution in [0.1, 0.15) is 17.0 Å². The minimum absolute atomic E-state index is 0.0623. The van der Waals surface area contributed by atoms with Crippen molar-refractivity contribution in [1.29, 1.82) is 0 Å². The van der Waals surface area contributed by atoms with E-state index in [1.54, 1.807) is 0 Å². The number of carboxylic acid groups (broad SMARTS) is 1. The summed E-state index contributed by atoms with van der Waals surface area (Å²) in [6.45, 7) is 3.98. The number of aromatic nitrogens is 2. The number of rotatable bonds is 2. The fraction of sp³-hybridized carbons (Fsp3) is 0.273. The van der Waals surface area contributed by atoms with Crippen LogP contribution < -0.4 is 0 Å². The monoisotopic (exact) mass is 204 g/mol. The van der Waals surface area contributed by atoms with Gasteiger partial charge in [-0.2, -0.15) is 0 Å². The van der Waals surface area contributed by atoms with E-state index >= 15 is 0 Å². The second kappa shape index (κ2) is 3.38. The number of hydrogen-bond donors (Lipinski definition) is 2. The predicted octanol–water partition coefficient (Wildman–Crippen LogP) is 1.81. The van der Waals surface area contributed by atoms with Crippen LogP contribution in [0.25, 0.3) is 11.0 Å². The van der Waals surface area contributed by atoms with Gasteiger partial charge in [-0.1, -0.05) is 6.07 Å². The van der Waals surface area contributed by atoms with Gasteiger partial charge in [-0.15, -0.1) is 0 Å². The first-order valence-electron chi connectivity index (χ1n) is 4.74. The Hall–Kier alpha value is -1.84. The summed E-state index contributed by atoms with van der Waals surface area (Å²) in [6.07, 6.45) is -0.0623. The first-order valence-corrected chi connectivity index (χ1v) is 4.74. The lowest BCUT2D eigenvalue weighted by molar-refractivity contribution is -0.136. The Morgan fingerprint density at radius 2 is 2.20 bits per heavy atom. The Morgan fingerprint density at radius 1 is 1.47 bits per heavy atom. The van der Waals surface area contributed by atoms with Gasteiger partial charge in [0.15, 0.2) is 0 Å². The highest BCUT2D eigenvalue weighted by molar-refractivity contribution is 5.80. The maximum Gasteiger partial charge on any atom is 0.311 e. The number of carbonyl (C=O) groups is 1. The molecule has 78 valence electrons. The van der Waals surface area contributed by atoms with Gasteiger partial charge in [0.25, 0.3) is 0 Å². The Morgan fingerprint density at radius 3 is 2.87 bits per heavy atom. The van der Waals surface area contributed by atoms with Crippen molar-refractivity contribution in [2.75, 3.05) is 0 Å². The topological polar surface area (TPSA) is 66.0 Å². The van der Waals surface area contributed by atoms with E-state index in [0.717, 1.165) is 22.2 Å². The molecule has 1 aromatic carbocycles. The Bertz CT molecular complexity index is 529. The van der Waals surface area contributed by atoms with E-state index in [1.165, 1.54) is 0 Å². The van der Waals surface area contributed by atoms with Gasteiger partial charge >= 0.3 is 5.97 Å². The predicted molar refractivity (Wildman–Crippen MR) is 56.9 cm³/mol. The van der Waals surface area contributed by atoms with Gasteiger partial charge < -0.3 is 10.1 Å². The summed E-state index contributed by atoms with van der Waals surface area (Å²) in [5.74, 6) is -0.366. The Labute approximate surface area is 87.0 Å². The molecule has 0 bridgehead atoms. The van der Waals surface area contributed by atoms with E-state index in [0.29, 0.717) is 5.82 Å². The summed E-state index contributed by atoms with van der Waals surface area (Å²) >= 11 is 0. The molecule has 0 aliphatic heterocycles. The zero-order valence-corrected chi connectivity index (χ0v) is 8.66. The number of aromatic amines is 1. The number of nitrogens with one attached hydrogen (secondary N) is 1. The third kappa shape index (κ3) is 1.83. The Balaban J connectivity index is 2.55. The van der Waals surface area contributed by atoms with Crippen LogP contribution in [0, 0.1) is 13.8 Å². The molecule has 15 heavy (non-hydrogen) atoms. The summed E-state index contributed by atoms with van der Waals surface area (Å²) < 4.78 is 0. The number of benzene rings is 1. The lowest BCUT2D eigenvalue weighted by atomic mass is 10.1. The highest BCUT2D eigenvalue weighted by Crippen LogP contribution is 2.18. The smallest absolute Gasteiger partial charge is 0.311 e. The zero-order chi connectivity index (χ0) is 11.0. The normalized spacial score (nSPS) is 10.8. The maximum absolute atomic E-state index is 10.5. The van der Waals surface area contributed by atoms with Gasteiger partial charge in [0, 0.05) is 0 Å².